The van der Waals surface area contributed by atoms with E-state index >= 15 is 0 Å². The van der Waals surface area contributed by atoms with Gasteiger partial charge < -0.3 is 15.3 Å². The summed E-state index contributed by atoms with van der Waals surface area (Å²) in [6.07, 6.45) is 4.85. The molecule has 0 saturated carbocycles. The SMILES string of the molecule is Cc1cc(N2CCCC(Nc3cnc(C(=O)O)cn3)C2)n(C)n1. The van der Waals surface area contributed by atoms with Gasteiger partial charge in [0.25, 0.3) is 0 Å². The Bertz CT molecular complexity index is 696. The monoisotopic (exact) mass is 316 g/mol. The second-order valence-electron chi connectivity index (χ2n) is 5.79. The normalized spacial score (nSPS) is 18.0. The van der Waals surface area contributed by atoms with E-state index in [0.717, 1.165) is 37.4 Å². The Morgan fingerprint density at radius 2 is 2.22 bits per heavy atom. The number of anilines is 2. The fraction of sp³-hybridized carbons (Fsp3) is 0.467. The number of carboxylic acids is 1. The highest BCUT2D eigenvalue weighted by atomic mass is 16.4. The highest BCUT2D eigenvalue weighted by molar-refractivity contribution is 5.84. The highest BCUT2D eigenvalue weighted by Gasteiger charge is 2.22. The lowest BCUT2D eigenvalue weighted by atomic mass is 10.1. The number of piperidine rings is 1. The van der Waals surface area contributed by atoms with Crippen LogP contribution >= 0.6 is 0 Å². The Morgan fingerprint density at radius 3 is 2.83 bits per heavy atom. The summed E-state index contributed by atoms with van der Waals surface area (Å²) in [7, 11) is 1.95. The lowest BCUT2D eigenvalue weighted by Gasteiger charge is -2.34. The van der Waals surface area contributed by atoms with Crippen LogP contribution in [0.5, 0.6) is 0 Å². The minimum atomic E-state index is -1.07. The van der Waals surface area contributed by atoms with E-state index in [0.29, 0.717) is 5.82 Å². The Morgan fingerprint density at radius 1 is 1.39 bits per heavy atom. The molecule has 2 N–H and O–H groups in total. The summed E-state index contributed by atoms with van der Waals surface area (Å²) >= 11 is 0. The number of hydrogen-bond acceptors (Lipinski definition) is 6. The van der Waals surface area contributed by atoms with E-state index in [1.54, 1.807) is 0 Å². The molecule has 0 aromatic carbocycles. The van der Waals surface area contributed by atoms with Gasteiger partial charge in [0.05, 0.1) is 18.1 Å². The molecule has 0 aliphatic carbocycles. The van der Waals surface area contributed by atoms with Crippen molar-refractivity contribution >= 4 is 17.6 Å². The van der Waals surface area contributed by atoms with Crippen molar-refractivity contribution in [2.24, 2.45) is 7.05 Å². The van der Waals surface area contributed by atoms with Crippen molar-refractivity contribution in [3.63, 3.8) is 0 Å². The molecule has 23 heavy (non-hydrogen) atoms. The number of rotatable bonds is 4. The smallest absolute Gasteiger partial charge is 0.356 e. The van der Waals surface area contributed by atoms with E-state index in [1.165, 1.54) is 12.4 Å². The molecule has 2 aromatic heterocycles. The van der Waals surface area contributed by atoms with Gasteiger partial charge in [0, 0.05) is 32.2 Å². The molecular formula is C15H20N6O2. The zero-order valence-electron chi connectivity index (χ0n) is 13.2. The second-order valence-corrected chi connectivity index (χ2v) is 5.79. The van der Waals surface area contributed by atoms with Crippen molar-refractivity contribution < 1.29 is 9.90 Å². The minimum absolute atomic E-state index is 0.0498. The van der Waals surface area contributed by atoms with Gasteiger partial charge in [-0.05, 0) is 19.8 Å². The maximum Gasteiger partial charge on any atom is 0.356 e. The topological polar surface area (TPSA) is 96.2 Å². The molecule has 122 valence electrons. The first-order chi connectivity index (χ1) is 11.0. The Labute approximate surface area is 134 Å². The van der Waals surface area contributed by atoms with Crippen LogP contribution in [-0.4, -0.2) is 50.0 Å². The van der Waals surface area contributed by atoms with Gasteiger partial charge >= 0.3 is 5.97 Å². The zero-order chi connectivity index (χ0) is 16.4. The molecule has 1 aliphatic heterocycles. The van der Waals surface area contributed by atoms with Crippen LogP contribution in [0.1, 0.15) is 29.0 Å². The molecule has 0 amide bonds. The van der Waals surface area contributed by atoms with Gasteiger partial charge in [-0.15, -0.1) is 0 Å². The van der Waals surface area contributed by atoms with Gasteiger partial charge in [0.1, 0.15) is 11.6 Å². The van der Waals surface area contributed by atoms with Crippen molar-refractivity contribution in [2.75, 3.05) is 23.3 Å². The summed E-state index contributed by atoms with van der Waals surface area (Å²) in [6.45, 7) is 3.84. The van der Waals surface area contributed by atoms with E-state index in [-0.39, 0.29) is 11.7 Å². The third kappa shape index (κ3) is 3.41. The average Bonchev–Trinajstić information content (AvgIpc) is 2.87. The van der Waals surface area contributed by atoms with Crippen LogP contribution in [0, 0.1) is 6.92 Å². The van der Waals surface area contributed by atoms with E-state index in [4.69, 9.17) is 5.11 Å². The molecule has 1 fully saturated rings. The molecule has 1 unspecified atom stereocenters. The van der Waals surface area contributed by atoms with Gasteiger partial charge in [-0.2, -0.15) is 5.10 Å². The zero-order valence-corrected chi connectivity index (χ0v) is 13.2. The Hall–Kier alpha value is -2.64. The van der Waals surface area contributed by atoms with Crippen molar-refractivity contribution in [3.8, 4) is 0 Å². The molecule has 2 aromatic rings. The number of hydrogen-bond donors (Lipinski definition) is 2. The Balaban J connectivity index is 1.66. The van der Waals surface area contributed by atoms with E-state index in [1.807, 2.05) is 18.7 Å². The predicted octanol–water partition coefficient (Wildman–Crippen LogP) is 1.30. The summed E-state index contributed by atoms with van der Waals surface area (Å²) in [6, 6.07) is 2.33. The van der Waals surface area contributed by atoms with Gasteiger partial charge in [0.2, 0.25) is 0 Å². The van der Waals surface area contributed by atoms with Crippen LogP contribution in [0.3, 0.4) is 0 Å². The summed E-state index contributed by atoms with van der Waals surface area (Å²) in [5, 5.41) is 16.6. The van der Waals surface area contributed by atoms with Crippen LogP contribution in [0.2, 0.25) is 0 Å². The molecule has 8 heteroatoms. The fourth-order valence-electron chi connectivity index (χ4n) is 2.92. The minimum Gasteiger partial charge on any atom is -0.476 e. The third-order valence-electron chi connectivity index (χ3n) is 3.95. The Kier molecular flexibility index (Phi) is 4.14. The second kappa shape index (κ2) is 6.23. The van der Waals surface area contributed by atoms with Gasteiger partial charge in [-0.1, -0.05) is 0 Å². The summed E-state index contributed by atoms with van der Waals surface area (Å²) < 4.78 is 1.90. The number of aromatic carboxylic acids is 1. The van der Waals surface area contributed by atoms with E-state index in [9.17, 15) is 4.79 Å². The number of carbonyl (C=O) groups is 1. The van der Waals surface area contributed by atoms with E-state index in [2.05, 4.69) is 31.3 Å². The largest absolute Gasteiger partial charge is 0.476 e. The molecule has 8 nitrogen and oxygen atoms in total. The number of aromatic nitrogens is 4. The first-order valence-electron chi connectivity index (χ1n) is 7.60. The quantitative estimate of drug-likeness (QED) is 0.877. The lowest BCUT2D eigenvalue weighted by molar-refractivity contribution is 0.0690. The molecule has 3 heterocycles. The van der Waals surface area contributed by atoms with E-state index < -0.39 is 5.97 Å². The molecule has 1 atom stereocenters. The maximum absolute atomic E-state index is 10.8. The van der Waals surface area contributed by atoms with Gasteiger partial charge in [-0.3, -0.25) is 4.68 Å². The summed E-state index contributed by atoms with van der Waals surface area (Å²) in [4.78, 5) is 21.1. The van der Waals surface area contributed by atoms with Crippen LogP contribution in [0.15, 0.2) is 18.5 Å². The standard InChI is InChI=1S/C15H20N6O2/c1-10-6-14(20(2)19-10)21-5-3-4-11(9-21)18-13-8-16-12(7-17-13)15(22)23/h6-8,11H,3-5,9H2,1-2H3,(H,17,18)(H,22,23). The number of nitrogens with one attached hydrogen (secondary N) is 1. The fourth-order valence-corrected chi connectivity index (χ4v) is 2.92. The molecule has 0 radical (unpaired) electrons. The highest BCUT2D eigenvalue weighted by Crippen LogP contribution is 2.21. The lowest BCUT2D eigenvalue weighted by Crippen LogP contribution is -2.43. The summed E-state index contributed by atoms with van der Waals surface area (Å²) in [5.74, 6) is 0.642. The number of carboxylic acid groups (broad SMARTS) is 1. The molecular weight excluding hydrogens is 296 g/mol. The first-order valence-corrected chi connectivity index (χ1v) is 7.60. The van der Waals surface area contributed by atoms with Crippen LogP contribution in [-0.2, 0) is 7.05 Å². The van der Waals surface area contributed by atoms with Crippen molar-refractivity contribution in [3.05, 3.63) is 29.8 Å². The van der Waals surface area contributed by atoms with Crippen molar-refractivity contribution in [1.82, 2.24) is 19.7 Å². The molecule has 0 spiro atoms. The van der Waals surface area contributed by atoms with Crippen LogP contribution in [0.4, 0.5) is 11.6 Å². The number of aryl methyl sites for hydroxylation is 2. The van der Waals surface area contributed by atoms with Crippen molar-refractivity contribution in [1.29, 1.82) is 0 Å². The maximum atomic E-state index is 10.8. The third-order valence-corrected chi connectivity index (χ3v) is 3.95. The molecule has 1 saturated heterocycles. The predicted molar refractivity (Wildman–Crippen MR) is 85.8 cm³/mol. The molecule has 0 bridgehead atoms. The molecule has 1 aliphatic rings. The van der Waals surface area contributed by atoms with Crippen LogP contribution in [0.25, 0.3) is 0 Å². The van der Waals surface area contributed by atoms with Gasteiger partial charge in [0.15, 0.2) is 5.69 Å². The molecule has 3 rings (SSSR count). The number of nitrogens with zero attached hydrogens (tertiary/aromatic N) is 5. The van der Waals surface area contributed by atoms with Crippen LogP contribution < -0.4 is 10.2 Å². The van der Waals surface area contributed by atoms with Crippen molar-refractivity contribution in [2.45, 2.75) is 25.8 Å². The summed E-state index contributed by atoms with van der Waals surface area (Å²) in [5.41, 5.74) is 0.957. The first kappa shape index (κ1) is 15.3. The van der Waals surface area contributed by atoms with Gasteiger partial charge in [-0.25, -0.2) is 14.8 Å². The average molecular weight is 316 g/mol.